The molecule has 0 aromatic carbocycles. The number of H-pyrrole nitrogens is 1. The topological polar surface area (TPSA) is 162 Å². The van der Waals surface area contributed by atoms with Crippen LogP contribution in [0.2, 0.25) is 0 Å². The first-order valence-corrected chi connectivity index (χ1v) is 11.4. The number of aliphatic carboxylic acids is 2. The summed E-state index contributed by atoms with van der Waals surface area (Å²) in [6.07, 6.45) is 3.31. The molecule has 0 radical (unpaired) electrons. The van der Waals surface area contributed by atoms with E-state index in [4.69, 9.17) is 29.3 Å². The van der Waals surface area contributed by atoms with Gasteiger partial charge in [-0.05, 0) is 17.7 Å². The van der Waals surface area contributed by atoms with Crippen molar-refractivity contribution in [3.8, 4) is 0 Å². The molecule has 2 atom stereocenters. The van der Waals surface area contributed by atoms with Crippen LogP contribution in [0.15, 0.2) is 47.5 Å². The number of aromatic nitrogens is 2. The highest BCUT2D eigenvalue weighted by atomic mass is 16.5. The van der Waals surface area contributed by atoms with Crippen LogP contribution >= 0.6 is 0 Å². The van der Waals surface area contributed by atoms with Gasteiger partial charge in [-0.1, -0.05) is 12.1 Å². The van der Waals surface area contributed by atoms with Crippen molar-refractivity contribution in [3.05, 3.63) is 64.3 Å². The summed E-state index contributed by atoms with van der Waals surface area (Å²) in [6.45, 7) is 6.89. The molecule has 12 heteroatoms. The molecule has 2 aromatic rings. The van der Waals surface area contributed by atoms with Gasteiger partial charge in [0.2, 0.25) is 5.56 Å². The summed E-state index contributed by atoms with van der Waals surface area (Å²) in [7, 11) is 0. The number of carboxylic acid groups (broad SMARTS) is 2. The number of morpholine rings is 2. The van der Waals surface area contributed by atoms with E-state index in [0.717, 1.165) is 32.5 Å². The summed E-state index contributed by atoms with van der Waals surface area (Å²) in [5, 5.41) is 14.8. The number of nitrogens with one attached hydrogen (secondary N) is 1. The molecule has 0 aliphatic carbocycles. The molecular formula is C24H32N4O8. The fraction of sp³-hybridized carbons (Fsp3) is 0.458. The van der Waals surface area contributed by atoms with Gasteiger partial charge in [0, 0.05) is 58.5 Å². The lowest BCUT2D eigenvalue weighted by Crippen LogP contribution is -2.53. The Bertz CT molecular complexity index is 1020. The first-order valence-electron chi connectivity index (χ1n) is 11.4. The second kappa shape index (κ2) is 14.7. The number of hydrogen-bond donors (Lipinski definition) is 3. The van der Waals surface area contributed by atoms with Crippen LogP contribution in [0, 0.1) is 0 Å². The fourth-order valence-electron chi connectivity index (χ4n) is 3.82. The van der Waals surface area contributed by atoms with Crippen LogP contribution in [-0.4, -0.2) is 99.9 Å². The third-order valence-electron chi connectivity index (χ3n) is 5.18. The molecule has 12 nitrogen and oxygen atoms in total. The van der Waals surface area contributed by atoms with E-state index in [1.54, 1.807) is 29.4 Å². The standard InChI is InChI=1S/C20H24N4O4.2C2H4O2/c25-18-5-1-4-16(22-18)20(26)24-9-12-28-17(14-23-7-10-27-11-8-23)19(24)15-3-2-6-21-13-15;2*1-2(3)4/h1-6,13,17,19H,7-12,14H2,(H,22,25);2*1H3,(H,3,4)/t17-,19-;;/m0../s1. The summed E-state index contributed by atoms with van der Waals surface area (Å²) in [5.41, 5.74) is 0.919. The van der Waals surface area contributed by atoms with E-state index < -0.39 is 11.9 Å². The number of pyridine rings is 2. The quantitative estimate of drug-likeness (QED) is 0.544. The van der Waals surface area contributed by atoms with E-state index in [1.807, 2.05) is 12.1 Å². The lowest BCUT2D eigenvalue weighted by Gasteiger charge is -2.43. The minimum absolute atomic E-state index is 0.185. The van der Waals surface area contributed by atoms with Gasteiger partial charge >= 0.3 is 0 Å². The average molecular weight is 505 g/mol. The molecule has 2 aromatic heterocycles. The number of nitrogens with zero attached hydrogens (tertiary/aromatic N) is 3. The molecule has 2 fully saturated rings. The Morgan fingerprint density at radius 2 is 1.69 bits per heavy atom. The summed E-state index contributed by atoms with van der Waals surface area (Å²) >= 11 is 0. The van der Waals surface area contributed by atoms with E-state index in [0.29, 0.717) is 32.9 Å². The molecule has 2 aliphatic heterocycles. The van der Waals surface area contributed by atoms with Gasteiger partial charge in [0.1, 0.15) is 5.69 Å². The first kappa shape index (κ1) is 28.6. The van der Waals surface area contributed by atoms with Gasteiger partial charge in [0.15, 0.2) is 0 Å². The van der Waals surface area contributed by atoms with Gasteiger partial charge in [-0.25, -0.2) is 0 Å². The number of ether oxygens (including phenoxy) is 2. The predicted octanol–water partition coefficient (Wildman–Crippen LogP) is 0.866. The van der Waals surface area contributed by atoms with Crippen molar-refractivity contribution in [3.63, 3.8) is 0 Å². The van der Waals surface area contributed by atoms with Crippen LogP contribution < -0.4 is 5.56 Å². The van der Waals surface area contributed by atoms with Crippen molar-refractivity contribution >= 4 is 17.8 Å². The molecule has 36 heavy (non-hydrogen) atoms. The summed E-state index contributed by atoms with van der Waals surface area (Å²) < 4.78 is 11.5. The largest absolute Gasteiger partial charge is 0.481 e. The lowest BCUT2D eigenvalue weighted by atomic mass is 9.98. The normalized spacial score (nSPS) is 19.7. The Balaban J connectivity index is 0.000000501. The van der Waals surface area contributed by atoms with Gasteiger partial charge in [0.05, 0.1) is 32.0 Å². The van der Waals surface area contributed by atoms with E-state index in [2.05, 4.69) is 14.9 Å². The Labute approximate surface area is 208 Å². The van der Waals surface area contributed by atoms with Crippen molar-refractivity contribution in [2.24, 2.45) is 0 Å². The van der Waals surface area contributed by atoms with Gasteiger partial charge in [0.25, 0.3) is 17.8 Å². The molecule has 4 heterocycles. The number of hydrogen-bond acceptors (Lipinski definition) is 8. The Morgan fingerprint density at radius 1 is 1.03 bits per heavy atom. The highest BCUT2D eigenvalue weighted by Crippen LogP contribution is 2.31. The molecule has 3 N–H and O–H groups in total. The van der Waals surface area contributed by atoms with Gasteiger partial charge in [-0.15, -0.1) is 0 Å². The van der Waals surface area contributed by atoms with Crippen LogP contribution in [0.5, 0.6) is 0 Å². The zero-order valence-corrected chi connectivity index (χ0v) is 20.3. The van der Waals surface area contributed by atoms with Gasteiger partial charge in [-0.3, -0.25) is 29.1 Å². The molecule has 196 valence electrons. The highest BCUT2D eigenvalue weighted by Gasteiger charge is 2.38. The van der Waals surface area contributed by atoms with Crippen LogP contribution in [0.1, 0.15) is 35.9 Å². The molecule has 0 saturated carbocycles. The van der Waals surface area contributed by atoms with E-state index >= 15 is 0 Å². The Morgan fingerprint density at radius 3 is 2.28 bits per heavy atom. The SMILES string of the molecule is CC(=O)O.CC(=O)O.O=C(c1cccc(=O)[nH]1)N1CCO[C@@H](CN2CCOCC2)[C@@H]1c1cccnc1. The van der Waals surface area contributed by atoms with Crippen LogP contribution in [0.25, 0.3) is 0 Å². The zero-order chi connectivity index (χ0) is 26.5. The minimum atomic E-state index is -0.833. The predicted molar refractivity (Wildman–Crippen MR) is 129 cm³/mol. The Kier molecular flexibility index (Phi) is 11.7. The third kappa shape index (κ3) is 9.56. The minimum Gasteiger partial charge on any atom is -0.481 e. The number of rotatable bonds is 4. The number of carboxylic acids is 2. The van der Waals surface area contributed by atoms with Crippen LogP contribution in [0.4, 0.5) is 0 Å². The smallest absolute Gasteiger partial charge is 0.300 e. The van der Waals surface area contributed by atoms with Crippen LogP contribution in [-0.2, 0) is 19.1 Å². The number of aromatic amines is 1. The number of carbonyl (C=O) groups excluding carboxylic acids is 1. The first-order chi connectivity index (χ1) is 17.2. The highest BCUT2D eigenvalue weighted by molar-refractivity contribution is 5.92. The second-order valence-electron chi connectivity index (χ2n) is 8.02. The van der Waals surface area contributed by atoms with Gasteiger partial charge in [-0.2, -0.15) is 0 Å². The van der Waals surface area contributed by atoms with Gasteiger partial charge < -0.3 is 29.6 Å². The molecule has 1 amide bonds. The molecule has 2 saturated heterocycles. The lowest BCUT2D eigenvalue weighted by molar-refractivity contribution is -0.135. The maximum atomic E-state index is 13.2. The molecule has 0 spiro atoms. The molecule has 2 aliphatic rings. The zero-order valence-electron chi connectivity index (χ0n) is 20.3. The molecule has 4 rings (SSSR count). The third-order valence-corrected chi connectivity index (χ3v) is 5.18. The van der Waals surface area contributed by atoms with E-state index in [1.165, 1.54) is 6.07 Å². The van der Waals surface area contributed by atoms with Crippen molar-refractivity contribution in [2.45, 2.75) is 26.0 Å². The van der Waals surface area contributed by atoms with Crippen LogP contribution in [0.3, 0.4) is 0 Å². The van der Waals surface area contributed by atoms with Crippen molar-refractivity contribution in [1.82, 2.24) is 19.8 Å². The maximum absolute atomic E-state index is 13.2. The van der Waals surface area contributed by atoms with E-state index in [9.17, 15) is 9.59 Å². The molecule has 0 bridgehead atoms. The Hall–Kier alpha value is -3.61. The maximum Gasteiger partial charge on any atom is 0.300 e. The van der Waals surface area contributed by atoms with Crippen molar-refractivity contribution < 1.29 is 34.1 Å². The summed E-state index contributed by atoms with van der Waals surface area (Å²) in [5.74, 6) is -1.87. The monoisotopic (exact) mass is 504 g/mol. The molecular weight excluding hydrogens is 472 g/mol. The molecule has 0 unspecified atom stereocenters. The second-order valence-corrected chi connectivity index (χ2v) is 8.02. The van der Waals surface area contributed by atoms with Crippen molar-refractivity contribution in [1.29, 1.82) is 0 Å². The van der Waals surface area contributed by atoms with E-state index in [-0.39, 0.29) is 29.3 Å². The number of carbonyl (C=O) groups is 3. The fourth-order valence-corrected chi connectivity index (χ4v) is 3.82. The summed E-state index contributed by atoms with van der Waals surface area (Å²) in [6, 6.07) is 8.18. The summed E-state index contributed by atoms with van der Waals surface area (Å²) in [4.78, 5) is 53.9. The van der Waals surface area contributed by atoms with Crippen molar-refractivity contribution in [2.75, 3.05) is 46.0 Å². The number of amides is 1. The average Bonchev–Trinajstić information content (AvgIpc) is 2.84.